The summed E-state index contributed by atoms with van der Waals surface area (Å²) in [5, 5.41) is 12.7. The molecule has 0 aliphatic carbocycles. The Morgan fingerprint density at radius 1 is 1.42 bits per heavy atom. The first-order valence-corrected chi connectivity index (χ1v) is 8.82. The highest BCUT2D eigenvalue weighted by Crippen LogP contribution is 2.26. The number of carbonyl (C=O) groups is 1. The van der Waals surface area contributed by atoms with E-state index >= 15 is 0 Å². The summed E-state index contributed by atoms with van der Waals surface area (Å²) in [7, 11) is 2.13. The van der Waals surface area contributed by atoms with E-state index in [0.29, 0.717) is 29.9 Å². The first-order valence-electron chi connectivity index (χ1n) is 8.82. The lowest BCUT2D eigenvalue weighted by atomic mass is 10.1. The van der Waals surface area contributed by atoms with Crippen molar-refractivity contribution in [2.75, 3.05) is 38.6 Å². The van der Waals surface area contributed by atoms with Crippen LogP contribution in [-0.4, -0.2) is 59.2 Å². The van der Waals surface area contributed by atoms with Crippen molar-refractivity contribution in [1.82, 2.24) is 14.9 Å². The number of nitrogens with one attached hydrogen (secondary N) is 1. The van der Waals surface area contributed by atoms with Gasteiger partial charge in [0.15, 0.2) is 0 Å². The van der Waals surface area contributed by atoms with Gasteiger partial charge in [0.2, 0.25) is 5.95 Å². The third-order valence-corrected chi connectivity index (χ3v) is 4.50. The first kappa shape index (κ1) is 18.1. The highest BCUT2D eigenvalue weighted by atomic mass is 16.5. The lowest BCUT2D eigenvalue weighted by Crippen LogP contribution is -2.19. The van der Waals surface area contributed by atoms with Crippen molar-refractivity contribution in [3.8, 4) is 17.0 Å². The second-order valence-electron chi connectivity index (χ2n) is 6.51. The molecule has 1 aromatic carbocycles. The lowest BCUT2D eigenvalue weighted by molar-refractivity contribution is 0.0692. The molecule has 1 saturated heterocycles. The van der Waals surface area contributed by atoms with E-state index in [2.05, 4.69) is 27.2 Å². The van der Waals surface area contributed by atoms with E-state index in [4.69, 9.17) is 4.74 Å². The summed E-state index contributed by atoms with van der Waals surface area (Å²) >= 11 is 0. The maximum Gasteiger partial charge on any atom is 0.339 e. The first-order chi connectivity index (χ1) is 12.6. The van der Waals surface area contributed by atoms with Crippen LogP contribution in [0.1, 0.15) is 23.7 Å². The summed E-state index contributed by atoms with van der Waals surface area (Å²) in [5.41, 5.74) is 1.53. The van der Waals surface area contributed by atoms with Gasteiger partial charge in [-0.05, 0) is 57.1 Å². The molecular formula is C19H24N4O3. The van der Waals surface area contributed by atoms with Crippen molar-refractivity contribution < 1.29 is 14.6 Å². The Morgan fingerprint density at radius 3 is 2.96 bits per heavy atom. The van der Waals surface area contributed by atoms with Gasteiger partial charge in [-0.15, -0.1) is 0 Å². The molecule has 7 nitrogen and oxygen atoms in total. The Bertz CT molecular complexity index is 781. The number of carboxylic acid groups (broad SMARTS) is 1. The maximum absolute atomic E-state index is 11.5. The molecule has 2 aromatic rings. The summed E-state index contributed by atoms with van der Waals surface area (Å²) in [6, 6.07) is 6.85. The van der Waals surface area contributed by atoms with Gasteiger partial charge in [0.25, 0.3) is 0 Å². The van der Waals surface area contributed by atoms with Gasteiger partial charge in [-0.1, -0.05) is 0 Å². The number of hydrogen-bond donors (Lipinski definition) is 2. The van der Waals surface area contributed by atoms with Crippen molar-refractivity contribution in [2.24, 2.45) is 5.92 Å². The molecule has 1 atom stereocenters. The van der Waals surface area contributed by atoms with Gasteiger partial charge in [0, 0.05) is 24.8 Å². The molecule has 0 saturated carbocycles. The molecule has 0 amide bonds. The van der Waals surface area contributed by atoms with E-state index in [0.717, 1.165) is 25.2 Å². The second-order valence-corrected chi connectivity index (χ2v) is 6.51. The lowest BCUT2D eigenvalue weighted by Gasteiger charge is -2.12. The number of aromatic nitrogens is 2. The standard InChI is InChI=1S/C19H24N4O3/c1-3-26-17-5-4-14(10-15(17)18(24)25)16-6-8-20-19(22-16)21-11-13-7-9-23(2)12-13/h4-6,8,10,13H,3,7,9,11-12H2,1-2H3,(H,24,25)(H,20,21,22)/t13-/m0/s1. The van der Waals surface area contributed by atoms with E-state index in [-0.39, 0.29) is 5.56 Å². The number of aromatic carboxylic acids is 1. The molecule has 2 heterocycles. The van der Waals surface area contributed by atoms with Crippen LogP contribution in [0.4, 0.5) is 5.95 Å². The number of ether oxygens (including phenoxy) is 1. The van der Waals surface area contributed by atoms with E-state index in [9.17, 15) is 9.90 Å². The fourth-order valence-electron chi connectivity index (χ4n) is 3.17. The van der Waals surface area contributed by atoms with Gasteiger partial charge >= 0.3 is 5.97 Å². The molecule has 0 radical (unpaired) electrons. The van der Waals surface area contributed by atoms with Crippen LogP contribution in [0.15, 0.2) is 30.5 Å². The molecule has 1 aliphatic rings. The molecule has 1 aromatic heterocycles. The summed E-state index contributed by atoms with van der Waals surface area (Å²) in [6.07, 6.45) is 2.85. The molecule has 0 bridgehead atoms. The molecular weight excluding hydrogens is 332 g/mol. The van der Waals surface area contributed by atoms with Crippen molar-refractivity contribution in [2.45, 2.75) is 13.3 Å². The van der Waals surface area contributed by atoms with Crippen LogP contribution in [0.5, 0.6) is 5.75 Å². The fourth-order valence-corrected chi connectivity index (χ4v) is 3.17. The third kappa shape index (κ3) is 4.29. The molecule has 3 rings (SSSR count). The number of nitrogens with zero attached hydrogens (tertiary/aromatic N) is 3. The summed E-state index contributed by atoms with van der Waals surface area (Å²) in [6.45, 7) is 5.27. The number of likely N-dealkylation sites (tertiary alicyclic amines) is 1. The van der Waals surface area contributed by atoms with Crippen LogP contribution in [0.25, 0.3) is 11.3 Å². The van der Waals surface area contributed by atoms with E-state index in [1.807, 2.05) is 13.0 Å². The van der Waals surface area contributed by atoms with Crippen molar-refractivity contribution in [3.63, 3.8) is 0 Å². The molecule has 1 aliphatic heterocycles. The van der Waals surface area contributed by atoms with E-state index in [1.165, 1.54) is 6.42 Å². The predicted octanol–water partition coefficient (Wildman–Crippen LogP) is 2.60. The minimum absolute atomic E-state index is 0.131. The number of hydrogen-bond acceptors (Lipinski definition) is 6. The van der Waals surface area contributed by atoms with Crippen LogP contribution in [-0.2, 0) is 0 Å². The van der Waals surface area contributed by atoms with Crippen LogP contribution in [0.3, 0.4) is 0 Å². The molecule has 1 fully saturated rings. The second kappa shape index (κ2) is 8.14. The van der Waals surface area contributed by atoms with Crippen LogP contribution in [0, 0.1) is 5.92 Å². The van der Waals surface area contributed by atoms with Gasteiger partial charge in [0.05, 0.1) is 12.3 Å². The summed E-state index contributed by atoms with van der Waals surface area (Å²) in [4.78, 5) is 22.6. The average molecular weight is 356 g/mol. The smallest absolute Gasteiger partial charge is 0.339 e. The Kier molecular flexibility index (Phi) is 5.68. The quantitative estimate of drug-likeness (QED) is 0.788. The van der Waals surface area contributed by atoms with Crippen molar-refractivity contribution >= 4 is 11.9 Å². The van der Waals surface area contributed by atoms with Gasteiger partial charge in [-0.3, -0.25) is 0 Å². The molecule has 138 valence electrons. The van der Waals surface area contributed by atoms with E-state index < -0.39 is 5.97 Å². The predicted molar refractivity (Wildman–Crippen MR) is 99.7 cm³/mol. The van der Waals surface area contributed by atoms with Crippen LogP contribution < -0.4 is 10.1 Å². The Balaban J connectivity index is 1.77. The monoisotopic (exact) mass is 356 g/mol. The molecule has 26 heavy (non-hydrogen) atoms. The minimum Gasteiger partial charge on any atom is -0.493 e. The van der Waals surface area contributed by atoms with Gasteiger partial charge < -0.3 is 20.1 Å². The largest absolute Gasteiger partial charge is 0.493 e. The summed E-state index contributed by atoms with van der Waals surface area (Å²) in [5.74, 6) is 0.494. The third-order valence-electron chi connectivity index (χ3n) is 4.50. The zero-order chi connectivity index (χ0) is 18.5. The van der Waals surface area contributed by atoms with E-state index in [1.54, 1.807) is 24.4 Å². The fraction of sp³-hybridized carbons (Fsp3) is 0.421. The highest BCUT2D eigenvalue weighted by molar-refractivity contribution is 5.92. The zero-order valence-corrected chi connectivity index (χ0v) is 15.1. The number of rotatable bonds is 7. The highest BCUT2D eigenvalue weighted by Gasteiger charge is 2.19. The molecule has 7 heteroatoms. The molecule has 2 N–H and O–H groups in total. The van der Waals surface area contributed by atoms with Gasteiger partial charge in [-0.25, -0.2) is 14.8 Å². The van der Waals surface area contributed by atoms with Crippen molar-refractivity contribution in [3.05, 3.63) is 36.0 Å². The average Bonchev–Trinajstić information content (AvgIpc) is 3.06. The van der Waals surface area contributed by atoms with Gasteiger partial charge in [0.1, 0.15) is 11.3 Å². The Hall–Kier alpha value is -2.67. The number of benzene rings is 1. The van der Waals surface area contributed by atoms with Crippen LogP contribution in [0.2, 0.25) is 0 Å². The molecule has 0 spiro atoms. The van der Waals surface area contributed by atoms with Crippen LogP contribution >= 0.6 is 0 Å². The van der Waals surface area contributed by atoms with Crippen molar-refractivity contribution in [1.29, 1.82) is 0 Å². The Labute approximate surface area is 153 Å². The minimum atomic E-state index is -1.02. The number of anilines is 1. The number of carboxylic acids is 1. The Morgan fingerprint density at radius 2 is 2.27 bits per heavy atom. The summed E-state index contributed by atoms with van der Waals surface area (Å²) < 4.78 is 5.39. The topological polar surface area (TPSA) is 87.6 Å². The van der Waals surface area contributed by atoms with Gasteiger partial charge in [-0.2, -0.15) is 0 Å². The SMILES string of the molecule is CCOc1ccc(-c2ccnc(NC[C@@H]3CCN(C)C3)n2)cc1C(=O)O. The normalized spacial score (nSPS) is 17.2. The molecule has 0 unspecified atom stereocenters. The zero-order valence-electron chi connectivity index (χ0n) is 15.1. The maximum atomic E-state index is 11.5.